The Hall–Kier alpha value is -1.24. The number of para-hydroxylation sites is 1. The number of nitrogens with zero attached hydrogens (tertiary/aromatic N) is 2. The van der Waals surface area contributed by atoms with Gasteiger partial charge in [0.2, 0.25) is 11.8 Å². The molecule has 2 saturated heterocycles. The number of anilines is 1. The zero-order valence-corrected chi connectivity index (χ0v) is 15.8. The number of carbonyl (C=O) groups is 2. The third-order valence-electron chi connectivity index (χ3n) is 5.61. The van der Waals surface area contributed by atoms with E-state index in [1.54, 1.807) is 16.7 Å². The van der Waals surface area contributed by atoms with Crippen LogP contribution in [-0.4, -0.2) is 55.2 Å². The standard InChI is InChI=1S/C18H23N3O2S.ClH/c22-16(20-9-6-18(7-10-20)5-8-19-13-18)11-21-14-3-1-2-4-15(14)24-12-17(21)23;/h1-4,19H,5-13H2;1H. The number of rotatable bonds is 2. The van der Waals surface area contributed by atoms with Crippen molar-refractivity contribution in [3.8, 4) is 0 Å². The van der Waals surface area contributed by atoms with E-state index in [9.17, 15) is 9.59 Å². The molecular formula is C18H24ClN3O2S. The van der Waals surface area contributed by atoms with Crippen LogP contribution < -0.4 is 10.2 Å². The average Bonchev–Trinajstić information content (AvgIpc) is 3.06. The second-order valence-electron chi connectivity index (χ2n) is 7.04. The van der Waals surface area contributed by atoms with E-state index in [0.717, 1.165) is 49.6 Å². The molecule has 0 unspecified atom stereocenters. The van der Waals surface area contributed by atoms with Gasteiger partial charge in [-0.25, -0.2) is 0 Å². The summed E-state index contributed by atoms with van der Waals surface area (Å²) in [5, 5.41) is 3.45. The summed E-state index contributed by atoms with van der Waals surface area (Å²) in [5.74, 6) is 0.519. The number of hydrogen-bond donors (Lipinski definition) is 1. The van der Waals surface area contributed by atoms with Gasteiger partial charge in [-0.2, -0.15) is 0 Å². The van der Waals surface area contributed by atoms with Crippen molar-refractivity contribution in [1.29, 1.82) is 0 Å². The zero-order chi connectivity index (χ0) is 16.6. The van der Waals surface area contributed by atoms with Crippen LogP contribution in [0.5, 0.6) is 0 Å². The Balaban J connectivity index is 0.00000182. The number of fused-ring (bicyclic) bond motifs is 1. The smallest absolute Gasteiger partial charge is 0.242 e. The molecule has 136 valence electrons. The monoisotopic (exact) mass is 381 g/mol. The van der Waals surface area contributed by atoms with E-state index in [0.29, 0.717) is 11.2 Å². The third-order valence-corrected chi connectivity index (χ3v) is 6.66. The molecule has 2 amide bonds. The van der Waals surface area contributed by atoms with Crippen molar-refractivity contribution >= 4 is 41.7 Å². The first-order chi connectivity index (χ1) is 11.7. The van der Waals surface area contributed by atoms with Gasteiger partial charge in [-0.05, 0) is 43.4 Å². The van der Waals surface area contributed by atoms with Crippen LogP contribution in [0, 0.1) is 5.41 Å². The first-order valence-electron chi connectivity index (χ1n) is 8.68. The summed E-state index contributed by atoms with van der Waals surface area (Å²) in [6.07, 6.45) is 3.38. The Bertz CT molecular complexity index is 653. The number of hydrogen-bond acceptors (Lipinski definition) is 4. The predicted molar refractivity (Wildman–Crippen MR) is 103 cm³/mol. The molecule has 7 heteroatoms. The van der Waals surface area contributed by atoms with E-state index < -0.39 is 0 Å². The maximum atomic E-state index is 12.7. The number of thioether (sulfide) groups is 1. The van der Waals surface area contributed by atoms with Crippen molar-refractivity contribution in [2.24, 2.45) is 5.41 Å². The van der Waals surface area contributed by atoms with Gasteiger partial charge in [-0.3, -0.25) is 9.59 Å². The molecule has 0 aliphatic carbocycles. The molecule has 0 aromatic heterocycles. The molecule has 1 aromatic rings. The van der Waals surface area contributed by atoms with Crippen molar-refractivity contribution in [2.45, 2.75) is 24.2 Å². The summed E-state index contributed by atoms with van der Waals surface area (Å²) in [5.41, 5.74) is 1.28. The molecule has 1 spiro atoms. The van der Waals surface area contributed by atoms with E-state index in [2.05, 4.69) is 5.32 Å². The van der Waals surface area contributed by atoms with Gasteiger partial charge in [-0.1, -0.05) is 12.1 Å². The van der Waals surface area contributed by atoms with Crippen LogP contribution in [0.25, 0.3) is 0 Å². The molecule has 0 atom stereocenters. The SMILES string of the molecule is Cl.O=C(CN1C(=O)CSc2ccccc21)N1CCC2(CCNC2)CC1. The van der Waals surface area contributed by atoms with Gasteiger partial charge in [0.1, 0.15) is 6.54 Å². The molecule has 25 heavy (non-hydrogen) atoms. The molecular weight excluding hydrogens is 358 g/mol. The summed E-state index contributed by atoms with van der Waals surface area (Å²) >= 11 is 1.55. The fourth-order valence-corrected chi connectivity index (χ4v) is 4.95. The van der Waals surface area contributed by atoms with E-state index in [1.165, 1.54) is 6.42 Å². The molecule has 1 N–H and O–H groups in total. The van der Waals surface area contributed by atoms with Gasteiger partial charge >= 0.3 is 0 Å². The first-order valence-corrected chi connectivity index (χ1v) is 9.66. The van der Waals surface area contributed by atoms with Crippen molar-refractivity contribution in [1.82, 2.24) is 10.2 Å². The number of benzene rings is 1. The van der Waals surface area contributed by atoms with Crippen LogP contribution in [0.2, 0.25) is 0 Å². The van der Waals surface area contributed by atoms with E-state index in [1.807, 2.05) is 29.2 Å². The van der Waals surface area contributed by atoms with Gasteiger partial charge in [0.15, 0.2) is 0 Å². The normalized spacial score (nSPS) is 21.8. The average molecular weight is 382 g/mol. The molecule has 3 aliphatic rings. The van der Waals surface area contributed by atoms with Crippen LogP contribution in [0.1, 0.15) is 19.3 Å². The Morgan fingerprint density at radius 1 is 1.20 bits per heavy atom. The highest BCUT2D eigenvalue weighted by Gasteiger charge is 2.38. The summed E-state index contributed by atoms with van der Waals surface area (Å²) in [6, 6.07) is 7.85. The molecule has 3 aliphatic heterocycles. The minimum Gasteiger partial charge on any atom is -0.341 e. The fourth-order valence-electron chi connectivity index (χ4n) is 4.02. The highest BCUT2D eigenvalue weighted by atomic mass is 35.5. The van der Waals surface area contributed by atoms with Crippen molar-refractivity contribution in [2.75, 3.05) is 43.4 Å². The summed E-state index contributed by atoms with van der Waals surface area (Å²) in [6.45, 7) is 3.99. The molecule has 2 fully saturated rings. The Morgan fingerprint density at radius 3 is 2.68 bits per heavy atom. The highest BCUT2D eigenvalue weighted by molar-refractivity contribution is 8.00. The number of carbonyl (C=O) groups excluding carboxylic acids is 2. The topological polar surface area (TPSA) is 52.7 Å². The van der Waals surface area contributed by atoms with Gasteiger partial charge in [0.25, 0.3) is 0 Å². The Kier molecular flexibility index (Phi) is 5.61. The van der Waals surface area contributed by atoms with Crippen molar-refractivity contribution < 1.29 is 9.59 Å². The second-order valence-corrected chi connectivity index (χ2v) is 8.06. The second kappa shape index (κ2) is 7.56. The lowest BCUT2D eigenvalue weighted by Gasteiger charge is -2.39. The minimum atomic E-state index is 0. The maximum Gasteiger partial charge on any atom is 0.242 e. The van der Waals surface area contributed by atoms with Gasteiger partial charge in [-0.15, -0.1) is 24.2 Å². The number of amides is 2. The minimum absolute atomic E-state index is 0. The lowest BCUT2D eigenvalue weighted by Crippen LogP contribution is -2.49. The van der Waals surface area contributed by atoms with Crippen molar-refractivity contribution in [3.63, 3.8) is 0 Å². The molecule has 5 nitrogen and oxygen atoms in total. The van der Waals surface area contributed by atoms with Crippen LogP contribution in [-0.2, 0) is 9.59 Å². The molecule has 3 heterocycles. The first kappa shape index (κ1) is 18.5. The molecule has 0 saturated carbocycles. The van der Waals surface area contributed by atoms with Crippen LogP contribution in [0.15, 0.2) is 29.2 Å². The summed E-state index contributed by atoms with van der Waals surface area (Å²) < 4.78 is 0. The fraction of sp³-hybridized carbons (Fsp3) is 0.556. The maximum absolute atomic E-state index is 12.7. The lowest BCUT2D eigenvalue weighted by atomic mass is 9.78. The third kappa shape index (κ3) is 3.66. The Labute approximate surface area is 158 Å². The van der Waals surface area contributed by atoms with Crippen LogP contribution in [0.4, 0.5) is 5.69 Å². The summed E-state index contributed by atoms with van der Waals surface area (Å²) in [4.78, 5) is 29.7. The largest absolute Gasteiger partial charge is 0.341 e. The van der Waals surface area contributed by atoms with Crippen molar-refractivity contribution in [3.05, 3.63) is 24.3 Å². The molecule has 0 radical (unpaired) electrons. The van der Waals surface area contributed by atoms with E-state index in [4.69, 9.17) is 0 Å². The zero-order valence-electron chi connectivity index (χ0n) is 14.2. The molecule has 0 bridgehead atoms. The van der Waals surface area contributed by atoms with Crippen LogP contribution in [0.3, 0.4) is 0 Å². The van der Waals surface area contributed by atoms with Gasteiger partial charge in [0.05, 0.1) is 11.4 Å². The molecule has 1 aromatic carbocycles. The lowest BCUT2D eigenvalue weighted by molar-refractivity contribution is -0.133. The number of halogens is 1. The number of likely N-dealkylation sites (tertiary alicyclic amines) is 1. The van der Waals surface area contributed by atoms with E-state index >= 15 is 0 Å². The van der Waals surface area contributed by atoms with E-state index in [-0.39, 0.29) is 30.8 Å². The number of nitrogens with one attached hydrogen (secondary N) is 1. The quantitative estimate of drug-likeness (QED) is 0.852. The number of piperidine rings is 1. The summed E-state index contributed by atoms with van der Waals surface area (Å²) in [7, 11) is 0. The predicted octanol–water partition coefficient (Wildman–Crippen LogP) is 2.15. The molecule has 4 rings (SSSR count). The Morgan fingerprint density at radius 2 is 1.96 bits per heavy atom. The van der Waals surface area contributed by atoms with Gasteiger partial charge < -0.3 is 15.1 Å². The van der Waals surface area contributed by atoms with Crippen LogP contribution >= 0.6 is 24.2 Å². The van der Waals surface area contributed by atoms with Gasteiger partial charge in [0, 0.05) is 24.5 Å². The highest BCUT2D eigenvalue weighted by Crippen LogP contribution is 2.38.